The molecule has 3 aromatic heterocycles. The average molecular weight is 402 g/mol. The van der Waals surface area contributed by atoms with Crippen molar-refractivity contribution >= 4 is 33.7 Å². The maximum atomic E-state index is 12.8. The number of imidazole rings is 1. The van der Waals surface area contributed by atoms with Gasteiger partial charge in [0.25, 0.3) is 5.91 Å². The highest BCUT2D eigenvalue weighted by molar-refractivity contribution is 6.09. The summed E-state index contributed by atoms with van der Waals surface area (Å²) in [6.45, 7) is 5.38. The standard InChI is InChI=1S/C22H22N6O2/c1-13-5-7-16(11-23-13)25-22(29)15-6-8-19-18(10-15)20-21(27-26-19)24-14(2)28(20)12-17-4-3-9-30-17/h5-8,10-11,17H,3-4,9,12H2,1-2H3,(H,25,29)/t17-/m0/s1. The highest BCUT2D eigenvalue weighted by atomic mass is 16.5. The fraction of sp³-hybridized carbons (Fsp3) is 0.318. The summed E-state index contributed by atoms with van der Waals surface area (Å²) in [5, 5.41) is 12.3. The molecule has 0 bridgehead atoms. The van der Waals surface area contributed by atoms with E-state index < -0.39 is 0 Å². The van der Waals surface area contributed by atoms with Gasteiger partial charge in [-0.3, -0.25) is 9.78 Å². The van der Waals surface area contributed by atoms with Gasteiger partial charge in [0.2, 0.25) is 5.65 Å². The van der Waals surface area contributed by atoms with Crippen molar-refractivity contribution in [1.82, 2.24) is 24.7 Å². The number of aryl methyl sites for hydroxylation is 2. The van der Waals surface area contributed by atoms with E-state index in [1.165, 1.54) is 0 Å². The second-order valence-corrected chi connectivity index (χ2v) is 7.65. The number of aromatic nitrogens is 5. The summed E-state index contributed by atoms with van der Waals surface area (Å²) in [5.41, 5.74) is 4.29. The van der Waals surface area contributed by atoms with E-state index in [0.29, 0.717) is 23.4 Å². The quantitative estimate of drug-likeness (QED) is 0.562. The van der Waals surface area contributed by atoms with Gasteiger partial charge in [0.1, 0.15) is 5.82 Å². The van der Waals surface area contributed by atoms with Gasteiger partial charge in [0, 0.05) is 23.3 Å². The summed E-state index contributed by atoms with van der Waals surface area (Å²) in [6.07, 6.45) is 3.94. The molecule has 0 radical (unpaired) electrons. The maximum Gasteiger partial charge on any atom is 0.255 e. The molecule has 5 rings (SSSR count). The number of rotatable bonds is 4. The van der Waals surface area contributed by atoms with Crippen LogP contribution in [0.15, 0.2) is 36.5 Å². The summed E-state index contributed by atoms with van der Waals surface area (Å²) in [5.74, 6) is 0.664. The molecule has 0 saturated carbocycles. The molecular weight excluding hydrogens is 380 g/mol. The van der Waals surface area contributed by atoms with E-state index in [1.807, 2.05) is 38.1 Å². The number of pyridine rings is 1. The van der Waals surface area contributed by atoms with E-state index in [9.17, 15) is 4.79 Å². The molecule has 1 amide bonds. The number of hydrogen-bond acceptors (Lipinski definition) is 6. The van der Waals surface area contributed by atoms with Gasteiger partial charge in [-0.15, -0.1) is 10.2 Å². The minimum absolute atomic E-state index is 0.171. The molecule has 4 aromatic rings. The molecule has 4 heterocycles. The molecule has 1 saturated heterocycles. The van der Waals surface area contributed by atoms with Crippen LogP contribution >= 0.6 is 0 Å². The molecule has 30 heavy (non-hydrogen) atoms. The number of hydrogen-bond donors (Lipinski definition) is 1. The van der Waals surface area contributed by atoms with Gasteiger partial charge in [0.05, 0.1) is 35.6 Å². The zero-order valence-electron chi connectivity index (χ0n) is 16.9. The Morgan fingerprint density at radius 3 is 2.90 bits per heavy atom. The normalized spacial score (nSPS) is 16.4. The lowest BCUT2D eigenvalue weighted by atomic mass is 10.1. The maximum absolute atomic E-state index is 12.8. The number of anilines is 1. The van der Waals surface area contributed by atoms with Crippen LogP contribution in [-0.2, 0) is 11.3 Å². The summed E-state index contributed by atoms with van der Waals surface area (Å²) >= 11 is 0. The predicted molar refractivity (Wildman–Crippen MR) is 113 cm³/mol. The minimum Gasteiger partial charge on any atom is -0.376 e. The molecule has 0 unspecified atom stereocenters. The zero-order chi connectivity index (χ0) is 20.7. The van der Waals surface area contributed by atoms with Crippen molar-refractivity contribution < 1.29 is 9.53 Å². The van der Waals surface area contributed by atoms with Gasteiger partial charge in [0.15, 0.2) is 0 Å². The van der Waals surface area contributed by atoms with E-state index in [1.54, 1.807) is 12.3 Å². The molecule has 1 N–H and O–H groups in total. The second-order valence-electron chi connectivity index (χ2n) is 7.65. The lowest BCUT2D eigenvalue weighted by Crippen LogP contribution is -2.16. The molecule has 1 aromatic carbocycles. The lowest BCUT2D eigenvalue weighted by Gasteiger charge is -2.13. The number of benzene rings is 1. The smallest absolute Gasteiger partial charge is 0.255 e. The number of nitrogens with one attached hydrogen (secondary N) is 1. The molecule has 1 aliphatic heterocycles. The number of carbonyl (C=O) groups is 1. The molecule has 0 spiro atoms. The molecule has 0 aliphatic carbocycles. The van der Waals surface area contributed by atoms with Gasteiger partial charge in [-0.25, -0.2) is 4.98 Å². The van der Waals surface area contributed by atoms with Crippen LogP contribution in [0.5, 0.6) is 0 Å². The van der Waals surface area contributed by atoms with Gasteiger partial charge < -0.3 is 14.6 Å². The molecule has 8 nitrogen and oxygen atoms in total. The van der Waals surface area contributed by atoms with Crippen LogP contribution in [0.25, 0.3) is 22.1 Å². The second kappa shape index (κ2) is 7.46. The first-order chi connectivity index (χ1) is 14.6. The van der Waals surface area contributed by atoms with Gasteiger partial charge in [-0.1, -0.05) is 0 Å². The minimum atomic E-state index is -0.200. The monoisotopic (exact) mass is 402 g/mol. The Hall–Kier alpha value is -3.39. The van der Waals surface area contributed by atoms with Crippen LogP contribution < -0.4 is 5.32 Å². The van der Waals surface area contributed by atoms with Crippen LogP contribution in [0.2, 0.25) is 0 Å². The molecule has 8 heteroatoms. The Balaban J connectivity index is 1.55. The third-order valence-corrected chi connectivity index (χ3v) is 5.49. The summed E-state index contributed by atoms with van der Waals surface area (Å²) in [6, 6.07) is 9.14. The van der Waals surface area contributed by atoms with Crippen LogP contribution in [0, 0.1) is 13.8 Å². The van der Waals surface area contributed by atoms with Crippen molar-refractivity contribution in [2.45, 2.75) is 39.3 Å². The Morgan fingerprint density at radius 1 is 1.23 bits per heavy atom. The Bertz CT molecular complexity index is 1240. The van der Waals surface area contributed by atoms with Crippen LogP contribution in [0.4, 0.5) is 5.69 Å². The van der Waals surface area contributed by atoms with Gasteiger partial charge >= 0.3 is 0 Å². The highest BCUT2D eigenvalue weighted by Gasteiger charge is 2.21. The lowest BCUT2D eigenvalue weighted by molar-refractivity contribution is 0.0974. The van der Waals surface area contributed by atoms with E-state index >= 15 is 0 Å². The zero-order valence-corrected chi connectivity index (χ0v) is 16.9. The Morgan fingerprint density at radius 2 is 2.13 bits per heavy atom. The summed E-state index contributed by atoms with van der Waals surface area (Å²) in [7, 11) is 0. The first kappa shape index (κ1) is 18.6. The van der Waals surface area contributed by atoms with Gasteiger partial charge in [-0.05, 0) is 57.0 Å². The van der Waals surface area contributed by atoms with Crippen LogP contribution in [0.1, 0.15) is 34.7 Å². The molecule has 1 fully saturated rings. The third-order valence-electron chi connectivity index (χ3n) is 5.49. The van der Waals surface area contributed by atoms with Crippen molar-refractivity contribution in [3.05, 3.63) is 53.6 Å². The highest BCUT2D eigenvalue weighted by Crippen LogP contribution is 2.26. The number of amides is 1. The number of ether oxygens (including phenoxy) is 1. The van der Waals surface area contributed by atoms with Crippen molar-refractivity contribution in [1.29, 1.82) is 0 Å². The van der Waals surface area contributed by atoms with E-state index in [4.69, 9.17) is 4.74 Å². The fourth-order valence-electron chi connectivity index (χ4n) is 3.90. The van der Waals surface area contributed by atoms with Crippen molar-refractivity contribution in [3.63, 3.8) is 0 Å². The molecule has 152 valence electrons. The summed E-state index contributed by atoms with van der Waals surface area (Å²) in [4.78, 5) is 21.6. The third kappa shape index (κ3) is 3.39. The molecular formula is C22H22N6O2. The molecule has 1 aliphatic rings. The first-order valence-corrected chi connectivity index (χ1v) is 10.1. The molecule has 1 atom stereocenters. The van der Waals surface area contributed by atoms with Crippen molar-refractivity contribution in [3.8, 4) is 0 Å². The van der Waals surface area contributed by atoms with E-state index in [0.717, 1.165) is 47.4 Å². The van der Waals surface area contributed by atoms with Crippen LogP contribution in [0.3, 0.4) is 0 Å². The number of carbonyl (C=O) groups excluding carboxylic acids is 1. The SMILES string of the molecule is Cc1ccc(NC(=O)c2ccc3nnc4nc(C)n(C[C@@H]5CCCO5)c4c3c2)cn1. The largest absolute Gasteiger partial charge is 0.376 e. The van der Waals surface area contributed by atoms with Gasteiger partial charge in [-0.2, -0.15) is 0 Å². The Kier molecular flexibility index (Phi) is 4.63. The average Bonchev–Trinajstić information content (AvgIpc) is 3.37. The topological polar surface area (TPSA) is 94.8 Å². The number of nitrogens with zero attached hydrogens (tertiary/aromatic N) is 5. The first-order valence-electron chi connectivity index (χ1n) is 10.1. The fourth-order valence-corrected chi connectivity index (χ4v) is 3.90. The Labute approximate surface area is 173 Å². The van der Waals surface area contributed by atoms with Crippen molar-refractivity contribution in [2.75, 3.05) is 11.9 Å². The predicted octanol–water partition coefficient (Wildman–Crippen LogP) is 3.42. The summed E-state index contributed by atoms with van der Waals surface area (Å²) < 4.78 is 7.96. The van der Waals surface area contributed by atoms with E-state index in [-0.39, 0.29) is 12.0 Å². The van der Waals surface area contributed by atoms with E-state index in [2.05, 4.69) is 30.0 Å². The van der Waals surface area contributed by atoms with Crippen LogP contribution in [-0.4, -0.2) is 43.4 Å². The number of fused-ring (bicyclic) bond motifs is 3. The van der Waals surface area contributed by atoms with Crippen molar-refractivity contribution in [2.24, 2.45) is 0 Å².